The third kappa shape index (κ3) is 9.71. The van der Waals surface area contributed by atoms with Gasteiger partial charge in [0.25, 0.3) is 0 Å². The summed E-state index contributed by atoms with van der Waals surface area (Å²) < 4.78 is 0. The Kier molecular flexibility index (Phi) is 7.37. The summed E-state index contributed by atoms with van der Waals surface area (Å²) in [6.07, 6.45) is 9.96. The van der Waals surface area contributed by atoms with Crippen molar-refractivity contribution in [2.45, 2.75) is 66.2 Å². The zero-order valence-corrected chi connectivity index (χ0v) is 10.8. The molecule has 0 spiro atoms. The molecule has 15 heavy (non-hydrogen) atoms. The molecule has 0 aliphatic carbocycles. The molecular weight excluding hydrogens is 184 g/mol. The smallest absolute Gasteiger partial charge is 0.119 e. The molecule has 0 unspecified atom stereocenters. The van der Waals surface area contributed by atoms with Crippen LogP contribution in [0.15, 0.2) is 11.6 Å². The Hall–Kier alpha value is -0.590. The lowest BCUT2D eigenvalue weighted by Gasteiger charge is -2.23. The second kappa shape index (κ2) is 7.67. The average molecular weight is 210 g/mol. The Morgan fingerprint density at radius 3 is 2.27 bits per heavy atom. The summed E-state index contributed by atoms with van der Waals surface area (Å²) in [5, 5.41) is 0. The van der Waals surface area contributed by atoms with Crippen molar-refractivity contribution in [1.82, 2.24) is 0 Å². The van der Waals surface area contributed by atoms with E-state index in [0.717, 1.165) is 19.1 Å². The molecule has 0 fully saturated rings. The van der Waals surface area contributed by atoms with Crippen LogP contribution in [0.2, 0.25) is 0 Å². The lowest BCUT2D eigenvalue weighted by atomic mass is 9.82. The van der Waals surface area contributed by atoms with E-state index in [0.29, 0.717) is 5.41 Å². The molecule has 0 atom stereocenters. The number of carbonyl (C=O) groups is 1. The van der Waals surface area contributed by atoms with E-state index in [-0.39, 0.29) is 0 Å². The maximum atomic E-state index is 10.2. The molecule has 0 saturated carbocycles. The van der Waals surface area contributed by atoms with Crippen LogP contribution in [0.3, 0.4) is 0 Å². The minimum atomic E-state index is 0.425. The van der Waals surface area contributed by atoms with Crippen molar-refractivity contribution < 1.29 is 4.79 Å². The van der Waals surface area contributed by atoms with Crippen LogP contribution in [0, 0.1) is 5.41 Å². The molecule has 0 rings (SSSR count). The predicted molar refractivity (Wildman–Crippen MR) is 67.0 cm³/mol. The van der Waals surface area contributed by atoms with Gasteiger partial charge in [0.2, 0.25) is 0 Å². The van der Waals surface area contributed by atoms with Crippen LogP contribution < -0.4 is 0 Å². The Morgan fingerprint density at radius 1 is 1.07 bits per heavy atom. The fourth-order valence-electron chi connectivity index (χ4n) is 1.71. The van der Waals surface area contributed by atoms with Gasteiger partial charge >= 0.3 is 0 Å². The summed E-state index contributed by atoms with van der Waals surface area (Å²) in [4.78, 5) is 10.2. The Bertz CT molecular complexity index is 197. The van der Waals surface area contributed by atoms with Gasteiger partial charge in [0.15, 0.2) is 0 Å². The van der Waals surface area contributed by atoms with E-state index >= 15 is 0 Å². The first kappa shape index (κ1) is 14.4. The van der Waals surface area contributed by atoms with E-state index in [2.05, 4.69) is 33.8 Å². The molecule has 0 saturated heterocycles. The Balaban J connectivity index is 3.66. The van der Waals surface area contributed by atoms with Gasteiger partial charge in [0.05, 0.1) is 0 Å². The second-order valence-electron chi connectivity index (χ2n) is 5.40. The topological polar surface area (TPSA) is 17.1 Å². The van der Waals surface area contributed by atoms with Crippen molar-refractivity contribution >= 4 is 6.29 Å². The van der Waals surface area contributed by atoms with Gasteiger partial charge in [0, 0.05) is 6.42 Å². The number of aldehydes is 1. The van der Waals surface area contributed by atoms with Gasteiger partial charge in [-0.2, -0.15) is 0 Å². The molecule has 1 nitrogen and oxygen atoms in total. The van der Waals surface area contributed by atoms with E-state index in [9.17, 15) is 4.79 Å². The molecule has 0 N–H and O–H groups in total. The van der Waals surface area contributed by atoms with Gasteiger partial charge in [0.1, 0.15) is 6.29 Å². The minimum Gasteiger partial charge on any atom is -0.303 e. The highest BCUT2D eigenvalue weighted by Gasteiger charge is 2.15. The van der Waals surface area contributed by atoms with Crippen LogP contribution in [0.5, 0.6) is 0 Å². The number of hydrogen-bond donors (Lipinski definition) is 0. The summed E-state index contributed by atoms with van der Waals surface area (Å²) in [7, 11) is 0. The minimum absolute atomic E-state index is 0.425. The van der Waals surface area contributed by atoms with Gasteiger partial charge in [-0.25, -0.2) is 0 Å². The Morgan fingerprint density at radius 2 is 1.73 bits per heavy atom. The van der Waals surface area contributed by atoms with Crippen LogP contribution in [-0.2, 0) is 4.79 Å². The van der Waals surface area contributed by atoms with E-state index in [1.54, 1.807) is 0 Å². The maximum absolute atomic E-state index is 10.2. The van der Waals surface area contributed by atoms with Crippen LogP contribution in [-0.4, -0.2) is 6.29 Å². The fraction of sp³-hybridized carbons (Fsp3) is 0.786. The molecule has 88 valence electrons. The molecular formula is C14H26O. The third-order valence-corrected chi connectivity index (χ3v) is 2.80. The molecule has 1 heteroatoms. The number of allylic oxidation sites excluding steroid dienone is 2. The first-order valence-electron chi connectivity index (χ1n) is 6.05. The molecule has 0 aromatic rings. The van der Waals surface area contributed by atoms with Gasteiger partial charge in [-0.3, -0.25) is 0 Å². The second-order valence-corrected chi connectivity index (χ2v) is 5.40. The van der Waals surface area contributed by atoms with E-state index in [1.807, 2.05) is 0 Å². The number of unbranched alkanes of at least 4 members (excludes halogenated alkanes) is 2. The molecule has 0 heterocycles. The third-order valence-electron chi connectivity index (χ3n) is 2.80. The molecule has 0 aromatic heterocycles. The SMILES string of the molecule is CC(C)=CCCC(C)(C)CCCCC=O. The van der Waals surface area contributed by atoms with Crippen LogP contribution in [0.4, 0.5) is 0 Å². The lowest BCUT2D eigenvalue weighted by Crippen LogP contribution is -2.10. The van der Waals surface area contributed by atoms with Crippen molar-refractivity contribution in [1.29, 1.82) is 0 Å². The van der Waals surface area contributed by atoms with Crippen LogP contribution in [0.25, 0.3) is 0 Å². The van der Waals surface area contributed by atoms with E-state index in [1.165, 1.54) is 31.3 Å². The number of hydrogen-bond acceptors (Lipinski definition) is 1. The predicted octanol–water partition coefficient (Wildman–Crippen LogP) is 4.52. The zero-order chi connectivity index (χ0) is 11.7. The largest absolute Gasteiger partial charge is 0.303 e. The molecule has 0 bridgehead atoms. The molecule has 0 aliphatic rings. The van der Waals surface area contributed by atoms with E-state index < -0.39 is 0 Å². The molecule has 0 amide bonds. The van der Waals surface area contributed by atoms with E-state index in [4.69, 9.17) is 0 Å². The van der Waals surface area contributed by atoms with Crippen molar-refractivity contribution in [3.05, 3.63) is 11.6 Å². The zero-order valence-electron chi connectivity index (χ0n) is 10.8. The summed E-state index contributed by atoms with van der Waals surface area (Å²) in [5.41, 5.74) is 1.83. The number of rotatable bonds is 8. The standard InChI is InChI=1S/C14H26O/c1-13(2)9-8-11-14(3,4)10-6-5-7-12-15/h9,12H,5-8,10-11H2,1-4H3. The monoisotopic (exact) mass is 210 g/mol. The normalized spacial score (nSPS) is 11.2. The highest BCUT2D eigenvalue weighted by molar-refractivity contribution is 5.48. The highest BCUT2D eigenvalue weighted by atomic mass is 16.1. The highest BCUT2D eigenvalue weighted by Crippen LogP contribution is 2.29. The fourth-order valence-corrected chi connectivity index (χ4v) is 1.71. The first-order valence-corrected chi connectivity index (χ1v) is 6.05. The average Bonchev–Trinajstić information content (AvgIpc) is 2.11. The van der Waals surface area contributed by atoms with Gasteiger partial charge < -0.3 is 4.79 Å². The lowest BCUT2D eigenvalue weighted by molar-refractivity contribution is -0.107. The number of carbonyl (C=O) groups excluding carboxylic acids is 1. The molecule has 0 radical (unpaired) electrons. The first-order chi connectivity index (χ1) is 6.98. The van der Waals surface area contributed by atoms with Gasteiger partial charge in [-0.1, -0.05) is 31.9 Å². The quantitative estimate of drug-likeness (QED) is 0.327. The summed E-state index contributed by atoms with van der Waals surface area (Å²) in [6.45, 7) is 8.95. The Labute approximate surface area is 95.0 Å². The van der Waals surface area contributed by atoms with Crippen LogP contribution in [0.1, 0.15) is 66.2 Å². The van der Waals surface area contributed by atoms with Crippen molar-refractivity contribution in [3.63, 3.8) is 0 Å². The molecule has 0 aromatic carbocycles. The van der Waals surface area contributed by atoms with Crippen molar-refractivity contribution in [2.24, 2.45) is 5.41 Å². The van der Waals surface area contributed by atoms with Crippen LogP contribution >= 0.6 is 0 Å². The summed E-state index contributed by atoms with van der Waals surface area (Å²) in [6, 6.07) is 0. The molecule has 0 aliphatic heterocycles. The maximum Gasteiger partial charge on any atom is 0.119 e. The van der Waals surface area contributed by atoms with Crippen molar-refractivity contribution in [3.8, 4) is 0 Å². The van der Waals surface area contributed by atoms with Gasteiger partial charge in [-0.15, -0.1) is 0 Å². The summed E-state index contributed by atoms with van der Waals surface area (Å²) in [5.74, 6) is 0. The van der Waals surface area contributed by atoms with Crippen molar-refractivity contribution in [2.75, 3.05) is 0 Å². The van der Waals surface area contributed by atoms with Gasteiger partial charge in [-0.05, 0) is 44.9 Å². The summed E-state index contributed by atoms with van der Waals surface area (Å²) >= 11 is 0.